The number of hydrogen-bond donors (Lipinski definition) is 1. The van der Waals surface area contributed by atoms with E-state index in [1.54, 1.807) is 0 Å². The lowest BCUT2D eigenvalue weighted by Gasteiger charge is -2.21. The molecule has 2 nitrogen and oxygen atoms in total. The van der Waals surface area contributed by atoms with Gasteiger partial charge in [-0.05, 0) is 43.9 Å². The average molecular weight is 299 g/mol. The summed E-state index contributed by atoms with van der Waals surface area (Å²) in [6, 6.07) is 7.70. The molecule has 2 aliphatic rings. The van der Waals surface area contributed by atoms with Crippen LogP contribution >= 0.6 is 23.2 Å². The summed E-state index contributed by atoms with van der Waals surface area (Å²) in [4.78, 5) is 2.62. The highest BCUT2D eigenvalue weighted by Gasteiger charge is 2.34. The molecule has 1 saturated heterocycles. The molecule has 1 aromatic rings. The molecule has 4 heteroatoms. The number of nitrogens with zero attached hydrogens (tertiary/aromatic N) is 1. The van der Waals surface area contributed by atoms with Gasteiger partial charge < -0.3 is 5.32 Å². The van der Waals surface area contributed by atoms with Crippen LogP contribution in [0.15, 0.2) is 18.2 Å². The Morgan fingerprint density at radius 1 is 1.21 bits per heavy atom. The third-order valence-electron chi connectivity index (χ3n) is 4.21. The lowest BCUT2D eigenvalue weighted by atomic mass is 10.1. The van der Waals surface area contributed by atoms with Crippen LogP contribution in [0.2, 0.25) is 10.0 Å². The van der Waals surface area contributed by atoms with Crippen molar-refractivity contribution in [2.45, 2.75) is 44.3 Å². The molecule has 0 bridgehead atoms. The van der Waals surface area contributed by atoms with E-state index in [2.05, 4.69) is 23.2 Å². The van der Waals surface area contributed by atoms with Crippen molar-refractivity contribution in [3.63, 3.8) is 0 Å². The summed E-state index contributed by atoms with van der Waals surface area (Å²) < 4.78 is 0. The standard InChI is InChI=1S/C15H20Cl2N2/c1-10(11-2-5-14(16)15(17)8-11)18-12-6-7-19(9-12)13-3-4-13/h2,5,8,10,12-13,18H,3-4,6-7,9H2,1H3. The Hall–Kier alpha value is -0.280. The van der Waals surface area contributed by atoms with Gasteiger partial charge in [-0.3, -0.25) is 4.90 Å². The minimum absolute atomic E-state index is 0.318. The highest BCUT2D eigenvalue weighted by molar-refractivity contribution is 6.42. The molecule has 2 atom stereocenters. The highest BCUT2D eigenvalue weighted by Crippen LogP contribution is 2.31. The molecule has 1 aromatic carbocycles. The summed E-state index contributed by atoms with van der Waals surface area (Å²) >= 11 is 12.0. The van der Waals surface area contributed by atoms with Crippen molar-refractivity contribution in [3.8, 4) is 0 Å². The Morgan fingerprint density at radius 2 is 2.00 bits per heavy atom. The number of nitrogens with one attached hydrogen (secondary N) is 1. The van der Waals surface area contributed by atoms with E-state index in [1.807, 2.05) is 12.1 Å². The molecule has 19 heavy (non-hydrogen) atoms. The first-order valence-electron chi connectivity index (χ1n) is 7.08. The molecule has 3 rings (SSSR count). The minimum Gasteiger partial charge on any atom is -0.306 e. The Morgan fingerprint density at radius 3 is 2.68 bits per heavy atom. The maximum Gasteiger partial charge on any atom is 0.0595 e. The van der Waals surface area contributed by atoms with E-state index in [1.165, 1.54) is 37.9 Å². The van der Waals surface area contributed by atoms with Crippen molar-refractivity contribution in [2.24, 2.45) is 0 Å². The quantitative estimate of drug-likeness (QED) is 0.907. The topological polar surface area (TPSA) is 15.3 Å². The second-order valence-corrected chi connectivity index (χ2v) is 6.59. The van der Waals surface area contributed by atoms with Crippen molar-refractivity contribution in [2.75, 3.05) is 13.1 Å². The molecule has 1 N–H and O–H groups in total. The van der Waals surface area contributed by atoms with E-state index in [0.29, 0.717) is 22.1 Å². The van der Waals surface area contributed by atoms with Gasteiger partial charge in [0.1, 0.15) is 0 Å². The minimum atomic E-state index is 0.318. The Balaban J connectivity index is 1.58. The van der Waals surface area contributed by atoms with E-state index in [9.17, 15) is 0 Å². The number of rotatable bonds is 4. The van der Waals surface area contributed by atoms with Crippen LogP contribution in [0.4, 0.5) is 0 Å². The van der Waals surface area contributed by atoms with Gasteiger partial charge in [-0.1, -0.05) is 29.3 Å². The van der Waals surface area contributed by atoms with Crippen LogP contribution in [0.25, 0.3) is 0 Å². The molecule has 1 aliphatic carbocycles. The van der Waals surface area contributed by atoms with Gasteiger partial charge in [0.2, 0.25) is 0 Å². The Bertz CT molecular complexity index is 459. The predicted octanol–water partition coefficient (Wildman–Crippen LogP) is 3.88. The van der Waals surface area contributed by atoms with Crippen LogP contribution in [-0.2, 0) is 0 Å². The molecular weight excluding hydrogens is 279 g/mol. The predicted molar refractivity (Wildman–Crippen MR) is 81.0 cm³/mol. The van der Waals surface area contributed by atoms with E-state index in [4.69, 9.17) is 23.2 Å². The summed E-state index contributed by atoms with van der Waals surface area (Å²) in [5.41, 5.74) is 1.21. The molecule has 2 fully saturated rings. The molecule has 0 amide bonds. The van der Waals surface area contributed by atoms with Crippen LogP contribution in [0.1, 0.15) is 37.8 Å². The lowest BCUT2D eigenvalue weighted by Crippen LogP contribution is -2.34. The second-order valence-electron chi connectivity index (χ2n) is 5.77. The van der Waals surface area contributed by atoms with Crippen molar-refractivity contribution < 1.29 is 0 Å². The summed E-state index contributed by atoms with van der Waals surface area (Å²) in [6.45, 7) is 4.63. The molecule has 1 saturated carbocycles. The Kier molecular flexibility index (Phi) is 4.04. The van der Waals surface area contributed by atoms with Gasteiger partial charge in [0.15, 0.2) is 0 Å². The second kappa shape index (κ2) is 5.61. The first kappa shape index (κ1) is 13.7. The zero-order chi connectivity index (χ0) is 13.4. The van der Waals surface area contributed by atoms with Gasteiger partial charge in [0.25, 0.3) is 0 Å². The van der Waals surface area contributed by atoms with Gasteiger partial charge in [0.05, 0.1) is 10.0 Å². The molecule has 104 valence electrons. The zero-order valence-electron chi connectivity index (χ0n) is 11.2. The van der Waals surface area contributed by atoms with E-state index >= 15 is 0 Å². The molecule has 0 spiro atoms. The number of halogens is 2. The fourth-order valence-corrected chi connectivity index (χ4v) is 3.23. The molecule has 2 unspecified atom stereocenters. The third kappa shape index (κ3) is 3.25. The van der Waals surface area contributed by atoms with Crippen molar-refractivity contribution in [1.29, 1.82) is 0 Å². The average Bonchev–Trinajstić information content (AvgIpc) is 3.14. The maximum atomic E-state index is 6.08. The highest BCUT2D eigenvalue weighted by atomic mass is 35.5. The van der Waals surface area contributed by atoms with Crippen molar-refractivity contribution in [3.05, 3.63) is 33.8 Å². The zero-order valence-corrected chi connectivity index (χ0v) is 12.7. The van der Waals surface area contributed by atoms with Gasteiger partial charge in [0, 0.05) is 31.2 Å². The number of benzene rings is 1. The molecule has 0 radical (unpaired) electrons. The SMILES string of the molecule is CC(NC1CCN(C2CC2)C1)c1ccc(Cl)c(Cl)c1. The fraction of sp³-hybridized carbons (Fsp3) is 0.600. The van der Waals surface area contributed by atoms with E-state index in [0.717, 1.165) is 6.04 Å². The molecule has 0 aromatic heterocycles. The van der Waals surface area contributed by atoms with Crippen LogP contribution in [0.3, 0.4) is 0 Å². The van der Waals surface area contributed by atoms with Crippen LogP contribution < -0.4 is 5.32 Å². The fourth-order valence-electron chi connectivity index (χ4n) is 2.93. The summed E-state index contributed by atoms with van der Waals surface area (Å²) in [5, 5.41) is 4.97. The normalized spacial score (nSPS) is 25.7. The summed E-state index contributed by atoms with van der Waals surface area (Å²) in [6.07, 6.45) is 4.05. The smallest absolute Gasteiger partial charge is 0.0595 e. The lowest BCUT2D eigenvalue weighted by molar-refractivity contribution is 0.313. The van der Waals surface area contributed by atoms with Crippen LogP contribution in [-0.4, -0.2) is 30.1 Å². The van der Waals surface area contributed by atoms with Gasteiger partial charge in [-0.25, -0.2) is 0 Å². The van der Waals surface area contributed by atoms with Gasteiger partial charge in [-0.2, -0.15) is 0 Å². The first-order chi connectivity index (χ1) is 9.13. The monoisotopic (exact) mass is 298 g/mol. The molecule has 1 heterocycles. The van der Waals surface area contributed by atoms with Gasteiger partial charge in [-0.15, -0.1) is 0 Å². The number of likely N-dealkylation sites (tertiary alicyclic amines) is 1. The summed E-state index contributed by atoms with van der Waals surface area (Å²) in [7, 11) is 0. The van der Waals surface area contributed by atoms with E-state index < -0.39 is 0 Å². The van der Waals surface area contributed by atoms with Crippen LogP contribution in [0, 0.1) is 0 Å². The van der Waals surface area contributed by atoms with Crippen molar-refractivity contribution in [1.82, 2.24) is 10.2 Å². The first-order valence-corrected chi connectivity index (χ1v) is 7.84. The largest absolute Gasteiger partial charge is 0.306 e. The third-order valence-corrected chi connectivity index (χ3v) is 4.95. The Labute approximate surface area is 125 Å². The van der Waals surface area contributed by atoms with E-state index in [-0.39, 0.29) is 0 Å². The van der Waals surface area contributed by atoms with Crippen LogP contribution in [0.5, 0.6) is 0 Å². The summed E-state index contributed by atoms with van der Waals surface area (Å²) in [5.74, 6) is 0. The molecular formula is C15H20Cl2N2. The van der Waals surface area contributed by atoms with Crippen molar-refractivity contribution >= 4 is 23.2 Å². The van der Waals surface area contributed by atoms with Gasteiger partial charge >= 0.3 is 0 Å². The maximum absolute atomic E-state index is 6.08. The molecule has 1 aliphatic heterocycles. The number of hydrogen-bond acceptors (Lipinski definition) is 2.